The molecule has 0 spiro atoms. The normalized spacial score (nSPS) is 10.4. The first-order valence-corrected chi connectivity index (χ1v) is 6.74. The summed E-state index contributed by atoms with van der Waals surface area (Å²) in [5, 5.41) is 0. The van der Waals surface area contributed by atoms with Gasteiger partial charge in [-0.3, -0.25) is 4.79 Å². The van der Waals surface area contributed by atoms with Crippen molar-refractivity contribution in [1.29, 1.82) is 0 Å². The molecular weight excluding hydrogens is 242 g/mol. The Morgan fingerprint density at radius 3 is 2.32 bits per heavy atom. The Bertz CT molecular complexity index is 362. The number of unbranched alkanes of at least 4 members (excludes halogenated alkanes) is 3. The quantitative estimate of drug-likeness (QED) is 0.661. The summed E-state index contributed by atoms with van der Waals surface area (Å²) >= 11 is 0. The van der Waals surface area contributed by atoms with Crippen LogP contribution < -0.4 is 10.5 Å². The van der Waals surface area contributed by atoms with Crippen LogP contribution in [0.25, 0.3) is 0 Å². The molecule has 1 amide bonds. The Hall–Kier alpha value is -1.55. The van der Waals surface area contributed by atoms with E-state index >= 15 is 0 Å². The second-order valence-electron chi connectivity index (χ2n) is 4.59. The van der Waals surface area contributed by atoms with Crippen molar-refractivity contribution in [2.45, 2.75) is 32.6 Å². The third-order valence-corrected chi connectivity index (χ3v) is 2.72. The lowest BCUT2D eigenvalue weighted by Crippen LogP contribution is -2.18. The number of primary amides is 1. The van der Waals surface area contributed by atoms with Crippen LogP contribution in [0.3, 0.4) is 0 Å². The fourth-order valence-corrected chi connectivity index (χ4v) is 1.66. The lowest BCUT2D eigenvalue weighted by atomic mass is 10.2. The molecule has 19 heavy (non-hydrogen) atoms. The average molecular weight is 265 g/mol. The molecule has 1 aromatic rings. The summed E-state index contributed by atoms with van der Waals surface area (Å²) in [5.74, 6) is 0.516. The molecule has 1 rings (SSSR count). The van der Waals surface area contributed by atoms with E-state index in [1.54, 1.807) is 0 Å². The van der Waals surface area contributed by atoms with Crippen LogP contribution in [0.1, 0.15) is 31.2 Å². The predicted octanol–water partition coefficient (Wildman–Crippen LogP) is 2.44. The molecule has 0 aliphatic carbocycles. The number of nitrogens with two attached hydrogens (primary N) is 1. The zero-order valence-electron chi connectivity index (χ0n) is 11.6. The van der Waals surface area contributed by atoms with E-state index in [0.717, 1.165) is 38.0 Å². The van der Waals surface area contributed by atoms with Crippen LogP contribution in [0, 0.1) is 6.92 Å². The van der Waals surface area contributed by atoms with Gasteiger partial charge >= 0.3 is 0 Å². The second kappa shape index (κ2) is 9.39. The molecule has 2 N–H and O–H groups in total. The van der Waals surface area contributed by atoms with Gasteiger partial charge in [0.15, 0.2) is 0 Å². The molecule has 0 atom stereocenters. The maximum Gasteiger partial charge on any atom is 0.243 e. The zero-order valence-corrected chi connectivity index (χ0v) is 11.6. The molecule has 106 valence electrons. The maximum atomic E-state index is 10.4. The highest BCUT2D eigenvalue weighted by Crippen LogP contribution is 2.12. The van der Waals surface area contributed by atoms with Gasteiger partial charge in [0.2, 0.25) is 5.91 Å². The Morgan fingerprint density at radius 1 is 1.05 bits per heavy atom. The molecule has 1 aromatic carbocycles. The van der Waals surface area contributed by atoms with Crippen molar-refractivity contribution in [3.8, 4) is 5.75 Å². The van der Waals surface area contributed by atoms with Gasteiger partial charge in [0.1, 0.15) is 12.4 Å². The topological polar surface area (TPSA) is 61.6 Å². The summed E-state index contributed by atoms with van der Waals surface area (Å²) in [7, 11) is 0. The van der Waals surface area contributed by atoms with Crippen LogP contribution in [0.5, 0.6) is 5.75 Å². The first kappa shape index (κ1) is 15.5. The SMILES string of the molecule is Cc1ccc(OCCCCCCOCC(N)=O)cc1. The fraction of sp³-hybridized carbons (Fsp3) is 0.533. The molecule has 0 aliphatic heterocycles. The minimum absolute atomic E-state index is 0.0243. The molecule has 0 unspecified atom stereocenters. The molecule has 0 saturated carbocycles. The van der Waals surface area contributed by atoms with Gasteiger partial charge in [-0.05, 0) is 38.3 Å². The largest absolute Gasteiger partial charge is 0.494 e. The third kappa shape index (κ3) is 8.21. The molecule has 0 radical (unpaired) electrons. The highest BCUT2D eigenvalue weighted by atomic mass is 16.5. The molecule has 0 bridgehead atoms. The first-order valence-electron chi connectivity index (χ1n) is 6.74. The number of benzene rings is 1. The van der Waals surface area contributed by atoms with Crippen molar-refractivity contribution in [1.82, 2.24) is 0 Å². The van der Waals surface area contributed by atoms with E-state index in [0.29, 0.717) is 6.61 Å². The Morgan fingerprint density at radius 2 is 1.68 bits per heavy atom. The molecule has 0 fully saturated rings. The monoisotopic (exact) mass is 265 g/mol. The van der Waals surface area contributed by atoms with Crippen LogP contribution in [0.15, 0.2) is 24.3 Å². The Balaban J connectivity index is 1.91. The van der Waals surface area contributed by atoms with Crippen molar-refractivity contribution in [3.05, 3.63) is 29.8 Å². The van der Waals surface area contributed by atoms with E-state index < -0.39 is 5.91 Å². The average Bonchev–Trinajstić information content (AvgIpc) is 2.38. The van der Waals surface area contributed by atoms with Gasteiger partial charge in [-0.1, -0.05) is 24.1 Å². The van der Waals surface area contributed by atoms with E-state index in [-0.39, 0.29) is 6.61 Å². The number of aryl methyl sites for hydroxylation is 1. The van der Waals surface area contributed by atoms with Crippen LogP contribution in [0.2, 0.25) is 0 Å². The number of rotatable bonds is 10. The minimum atomic E-state index is -0.411. The zero-order chi connectivity index (χ0) is 13.9. The van der Waals surface area contributed by atoms with Crippen LogP contribution in [-0.4, -0.2) is 25.7 Å². The first-order chi connectivity index (χ1) is 9.18. The van der Waals surface area contributed by atoms with Gasteiger partial charge in [-0.25, -0.2) is 0 Å². The molecule has 0 aliphatic rings. The minimum Gasteiger partial charge on any atom is -0.494 e. The van der Waals surface area contributed by atoms with Crippen LogP contribution in [-0.2, 0) is 9.53 Å². The predicted molar refractivity (Wildman–Crippen MR) is 75.2 cm³/mol. The smallest absolute Gasteiger partial charge is 0.243 e. The summed E-state index contributed by atoms with van der Waals surface area (Å²) in [6, 6.07) is 8.08. The third-order valence-electron chi connectivity index (χ3n) is 2.72. The van der Waals surface area contributed by atoms with Gasteiger partial charge in [0.25, 0.3) is 0 Å². The summed E-state index contributed by atoms with van der Waals surface area (Å²) in [4.78, 5) is 10.4. The van der Waals surface area contributed by atoms with Gasteiger partial charge in [0, 0.05) is 6.61 Å². The number of carbonyl (C=O) groups excluding carboxylic acids is 1. The van der Waals surface area contributed by atoms with E-state index in [1.807, 2.05) is 24.3 Å². The van der Waals surface area contributed by atoms with E-state index in [4.69, 9.17) is 15.2 Å². The van der Waals surface area contributed by atoms with Crippen molar-refractivity contribution in [2.24, 2.45) is 5.73 Å². The standard InChI is InChI=1S/C15H23NO3/c1-13-6-8-14(9-7-13)19-11-5-3-2-4-10-18-12-15(16)17/h6-9H,2-5,10-12H2,1H3,(H2,16,17). The van der Waals surface area contributed by atoms with Crippen molar-refractivity contribution >= 4 is 5.91 Å². The number of carbonyl (C=O) groups is 1. The van der Waals surface area contributed by atoms with Gasteiger partial charge in [0.05, 0.1) is 6.61 Å². The highest BCUT2D eigenvalue weighted by molar-refractivity contribution is 5.74. The van der Waals surface area contributed by atoms with Gasteiger partial charge < -0.3 is 15.2 Å². The van der Waals surface area contributed by atoms with E-state index in [9.17, 15) is 4.79 Å². The number of amides is 1. The van der Waals surface area contributed by atoms with Gasteiger partial charge in [-0.2, -0.15) is 0 Å². The van der Waals surface area contributed by atoms with E-state index in [2.05, 4.69) is 6.92 Å². The second-order valence-corrected chi connectivity index (χ2v) is 4.59. The summed E-state index contributed by atoms with van der Waals surface area (Å²) < 4.78 is 10.7. The molecular formula is C15H23NO3. The number of hydrogen-bond donors (Lipinski definition) is 1. The van der Waals surface area contributed by atoms with Crippen molar-refractivity contribution in [2.75, 3.05) is 19.8 Å². The molecule has 0 heterocycles. The molecule has 4 heteroatoms. The van der Waals surface area contributed by atoms with Crippen LogP contribution >= 0.6 is 0 Å². The summed E-state index contributed by atoms with van der Waals surface area (Å²) in [6.45, 7) is 3.42. The van der Waals surface area contributed by atoms with E-state index in [1.165, 1.54) is 5.56 Å². The maximum absolute atomic E-state index is 10.4. The van der Waals surface area contributed by atoms with Gasteiger partial charge in [-0.15, -0.1) is 0 Å². The number of ether oxygens (including phenoxy) is 2. The van der Waals surface area contributed by atoms with Crippen LogP contribution in [0.4, 0.5) is 0 Å². The Kier molecular flexibility index (Phi) is 7.66. The lowest BCUT2D eigenvalue weighted by molar-refractivity contribution is -0.122. The molecule has 0 aromatic heterocycles. The van der Waals surface area contributed by atoms with Crippen molar-refractivity contribution in [3.63, 3.8) is 0 Å². The fourth-order valence-electron chi connectivity index (χ4n) is 1.66. The Labute approximate surface area is 114 Å². The lowest BCUT2D eigenvalue weighted by Gasteiger charge is -2.06. The summed E-state index contributed by atoms with van der Waals surface area (Å²) in [6.07, 6.45) is 4.17. The number of hydrogen-bond acceptors (Lipinski definition) is 3. The molecule has 4 nitrogen and oxygen atoms in total. The highest BCUT2D eigenvalue weighted by Gasteiger charge is 1.96. The summed E-state index contributed by atoms with van der Waals surface area (Å²) in [5.41, 5.74) is 6.20. The van der Waals surface area contributed by atoms with Crippen molar-refractivity contribution < 1.29 is 14.3 Å². The molecule has 0 saturated heterocycles.